The van der Waals surface area contributed by atoms with E-state index in [1.807, 2.05) is 0 Å². The summed E-state index contributed by atoms with van der Waals surface area (Å²) in [6, 6.07) is 1.16. The van der Waals surface area contributed by atoms with Crippen LogP contribution in [-0.4, -0.2) is 6.08 Å². The van der Waals surface area contributed by atoms with E-state index in [0.717, 1.165) is 6.07 Å². The van der Waals surface area contributed by atoms with Crippen molar-refractivity contribution >= 4 is 6.08 Å². The van der Waals surface area contributed by atoms with Crippen LogP contribution in [0.4, 0.5) is 8.78 Å². The molecule has 0 heterocycles. The Morgan fingerprint density at radius 2 is 2.00 bits per heavy atom. The quantitative estimate of drug-likeness (QED) is 0.560. The van der Waals surface area contributed by atoms with Crippen molar-refractivity contribution in [2.45, 2.75) is 32.2 Å². The van der Waals surface area contributed by atoms with E-state index in [0.29, 0.717) is 12.8 Å². The first-order valence-corrected chi connectivity index (χ1v) is 5.06. The Bertz CT molecular complexity index is 474. The van der Waals surface area contributed by atoms with Gasteiger partial charge in [0.2, 0.25) is 6.08 Å². The lowest BCUT2D eigenvalue weighted by molar-refractivity contribution is 0.533. The summed E-state index contributed by atoms with van der Waals surface area (Å²) in [7, 11) is 0. The van der Waals surface area contributed by atoms with Crippen LogP contribution in [0, 0.1) is 25.5 Å². The van der Waals surface area contributed by atoms with Gasteiger partial charge in [-0.2, -0.15) is 4.99 Å². The summed E-state index contributed by atoms with van der Waals surface area (Å²) in [5, 5.41) is 0. The molecule has 1 aliphatic carbocycles. The zero-order chi connectivity index (χ0) is 11.9. The second-order valence-corrected chi connectivity index (χ2v) is 4.22. The van der Waals surface area contributed by atoms with E-state index in [9.17, 15) is 13.6 Å². The Hall–Kier alpha value is -1.54. The molecule has 0 unspecified atom stereocenters. The summed E-state index contributed by atoms with van der Waals surface area (Å²) in [6.07, 6.45) is 2.59. The molecule has 0 N–H and O–H groups in total. The number of carbonyl (C=O) groups excluding carboxylic acids is 1. The maximum atomic E-state index is 13.9. The average molecular weight is 223 g/mol. The molecule has 0 bridgehead atoms. The van der Waals surface area contributed by atoms with Gasteiger partial charge in [0.05, 0.1) is 0 Å². The van der Waals surface area contributed by atoms with Crippen molar-refractivity contribution < 1.29 is 13.6 Å². The van der Waals surface area contributed by atoms with Crippen molar-refractivity contribution in [1.29, 1.82) is 0 Å². The minimum Gasteiger partial charge on any atom is -0.211 e. The number of aryl methyl sites for hydroxylation is 1. The van der Waals surface area contributed by atoms with Crippen LogP contribution in [0.25, 0.3) is 0 Å². The molecular formula is C12H11F2NO. The Balaban J connectivity index is 2.69. The molecule has 16 heavy (non-hydrogen) atoms. The van der Waals surface area contributed by atoms with Crippen molar-refractivity contribution in [2.75, 3.05) is 0 Å². The maximum absolute atomic E-state index is 13.9. The standard InChI is InChI=1S/C12H11F2NO/c1-7-5-9(13)8(2)10(11(7)14)12(3-4-12)15-6-16/h5H,3-4H2,1-2H3. The summed E-state index contributed by atoms with van der Waals surface area (Å²) < 4.78 is 27.5. The van der Waals surface area contributed by atoms with Crippen LogP contribution in [0.3, 0.4) is 0 Å². The van der Waals surface area contributed by atoms with E-state index < -0.39 is 17.2 Å². The molecule has 1 saturated carbocycles. The third-order valence-electron chi connectivity index (χ3n) is 3.09. The highest BCUT2D eigenvalue weighted by Crippen LogP contribution is 2.51. The van der Waals surface area contributed by atoms with Crippen molar-refractivity contribution in [1.82, 2.24) is 0 Å². The number of aliphatic imine (C=N–C) groups is 1. The molecule has 1 fully saturated rings. The SMILES string of the molecule is Cc1cc(F)c(C)c(C2(N=C=O)CC2)c1F. The van der Waals surface area contributed by atoms with E-state index in [1.54, 1.807) is 0 Å². The van der Waals surface area contributed by atoms with E-state index in [2.05, 4.69) is 4.99 Å². The zero-order valence-electron chi connectivity index (χ0n) is 9.10. The van der Waals surface area contributed by atoms with Crippen LogP contribution in [0.15, 0.2) is 11.1 Å². The number of rotatable bonds is 2. The van der Waals surface area contributed by atoms with Crippen molar-refractivity contribution in [2.24, 2.45) is 4.99 Å². The van der Waals surface area contributed by atoms with Gasteiger partial charge in [-0.1, -0.05) is 0 Å². The highest BCUT2D eigenvalue weighted by atomic mass is 19.1. The molecule has 0 aliphatic heterocycles. The van der Waals surface area contributed by atoms with Gasteiger partial charge < -0.3 is 0 Å². The van der Waals surface area contributed by atoms with E-state index in [1.165, 1.54) is 19.9 Å². The normalized spacial score (nSPS) is 16.8. The molecular weight excluding hydrogens is 212 g/mol. The van der Waals surface area contributed by atoms with Gasteiger partial charge in [-0.3, -0.25) is 0 Å². The number of isocyanates is 1. The molecule has 1 aliphatic rings. The van der Waals surface area contributed by atoms with Crippen LogP contribution in [0.1, 0.15) is 29.5 Å². The van der Waals surface area contributed by atoms with Gasteiger partial charge in [-0.05, 0) is 43.9 Å². The monoisotopic (exact) mass is 223 g/mol. The molecule has 2 nitrogen and oxygen atoms in total. The average Bonchev–Trinajstić information content (AvgIpc) is 2.97. The first-order valence-electron chi connectivity index (χ1n) is 5.06. The molecule has 1 aromatic rings. The number of hydrogen-bond acceptors (Lipinski definition) is 2. The fourth-order valence-electron chi connectivity index (χ4n) is 2.02. The number of halogens is 2. The molecule has 0 aromatic heterocycles. The van der Waals surface area contributed by atoms with Gasteiger partial charge in [0.1, 0.15) is 17.2 Å². The van der Waals surface area contributed by atoms with E-state index in [4.69, 9.17) is 0 Å². The first kappa shape index (κ1) is 11.0. The predicted molar refractivity (Wildman–Crippen MR) is 54.9 cm³/mol. The minimum atomic E-state index is -0.858. The molecule has 0 radical (unpaired) electrons. The summed E-state index contributed by atoms with van der Waals surface area (Å²) in [6.45, 7) is 3.01. The van der Waals surface area contributed by atoms with E-state index in [-0.39, 0.29) is 16.7 Å². The van der Waals surface area contributed by atoms with Crippen LogP contribution in [0.2, 0.25) is 0 Å². The zero-order valence-corrected chi connectivity index (χ0v) is 9.10. The summed E-state index contributed by atoms with van der Waals surface area (Å²) >= 11 is 0. The molecule has 0 atom stereocenters. The second kappa shape index (κ2) is 3.49. The highest BCUT2D eigenvalue weighted by Gasteiger charge is 2.48. The number of benzene rings is 1. The fourth-order valence-corrected chi connectivity index (χ4v) is 2.02. The first-order chi connectivity index (χ1) is 7.52. The molecule has 0 amide bonds. The Morgan fingerprint density at radius 3 is 2.50 bits per heavy atom. The molecule has 4 heteroatoms. The lowest BCUT2D eigenvalue weighted by Gasteiger charge is -2.15. The van der Waals surface area contributed by atoms with Crippen LogP contribution >= 0.6 is 0 Å². The van der Waals surface area contributed by atoms with Crippen molar-refractivity contribution in [3.05, 3.63) is 34.4 Å². The molecule has 0 saturated heterocycles. The fraction of sp³-hybridized carbons (Fsp3) is 0.417. The third kappa shape index (κ3) is 1.46. The summed E-state index contributed by atoms with van der Waals surface area (Å²) in [5.74, 6) is -0.920. The van der Waals surface area contributed by atoms with Crippen LogP contribution in [0.5, 0.6) is 0 Å². The van der Waals surface area contributed by atoms with Gasteiger partial charge in [-0.15, -0.1) is 0 Å². The second-order valence-electron chi connectivity index (χ2n) is 4.22. The highest BCUT2D eigenvalue weighted by molar-refractivity contribution is 5.46. The Kier molecular flexibility index (Phi) is 2.39. The van der Waals surface area contributed by atoms with Gasteiger partial charge >= 0.3 is 0 Å². The summed E-state index contributed by atoms with van der Waals surface area (Å²) in [5.41, 5.74) is -0.165. The lowest BCUT2D eigenvalue weighted by Crippen LogP contribution is -2.11. The predicted octanol–water partition coefficient (Wildman–Crippen LogP) is 2.91. The number of hydrogen-bond donors (Lipinski definition) is 0. The summed E-state index contributed by atoms with van der Waals surface area (Å²) in [4.78, 5) is 13.9. The van der Waals surface area contributed by atoms with Gasteiger partial charge in [0.15, 0.2) is 0 Å². The molecule has 84 valence electrons. The van der Waals surface area contributed by atoms with Crippen molar-refractivity contribution in [3.8, 4) is 0 Å². The van der Waals surface area contributed by atoms with Crippen LogP contribution in [-0.2, 0) is 10.3 Å². The molecule has 2 rings (SSSR count). The lowest BCUT2D eigenvalue weighted by atomic mass is 9.96. The van der Waals surface area contributed by atoms with Crippen LogP contribution < -0.4 is 0 Å². The smallest absolute Gasteiger partial charge is 0.211 e. The third-order valence-corrected chi connectivity index (χ3v) is 3.09. The molecule has 0 spiro atoms. The van der Waals surface area contributed by atoms with Gasteiger partial charge in [0, 0.05) is 5.56 Å². The number of nitrogens with zero attached hydrogens (tertiary/aromatic N) is 1. The maximum Gasteiger partial charge on any atom is 0.235 e. The molecule has 1 aromatic carbocycles. The van der Waals surface area contributed by atoms with E-state index >= 15 is 0 Å². The Labute approximate surface area is 92.0 Å². The topological polar surface area (TPSA) is 29.4 Å². The Morgan fingerprint density at radius 1 is 1.38 bits per heavy atom. The van der Waals surface area contributed by atoms with Crippen molar-refractivity contribution in [3.63, 3.8) is 0 Å². The minimum absolute atomic E-state index is 0.216. The van der Waals surface area contributed by atoms with Gasteiger partial charge in [0.25, 0.3) is 0 Å². The van der Waals surface area contributed by atoms with Gasteiger partial charge in [-0.25, -0.2) is 13.6 Å². The largest absolute Gasteiger partial charge is 0.235 e.